The van der Waals surface area contributed by atoms with Crippen LogP contribution in [0.15, 0.2) is 48.5 Å². The molecule has 0 aromatic heterocycles. The van der Waals surface area contributed by atoms with Crippen molar-refractivity contribution in [3.63, 3.8) is 0 Å². The molecule has 0 fully saturated rings. The Kier molecular flexibility index (Phi) is 6.44. The number of rotatable bonds is 6. The number of nitrogens with zero attached hydrogens (tertiary/aromatic N) is 1. The summed E-state index contributed by atoms with van der Waals surface area (Å²) in [5.41, 5.74) is 1.38. The molecule has 1 aliphatic heterocycles. The molecule has 9 heteroatoms. The van der Waals surface area contributed by atoms with Crippen molar-refractivity contribution in [2.24, 2.45) is 0 Å². The molecule has 1 atom stereocenters. The van der Waals surface area contributed by atoms with E-state index in [9.17, 15) is 24.0 Å². The van der Waals surface area contributed by atoms with Crippen molar-refractivity contribution in [3.8, 4) is 0 Å². The molecule has 1 unspecified atom stereocenters. The van der Waals surface area contributed by atoms with Gasteiger partial charge in [0.05, 0.1) is 23.2 Å². The fourth-order valence-electron chi connectivity index (χ4n) is 3.06. The first kappa shape index (κ1) is 21.7. The maximum atomic E-state index is 12.5. The lowest BCUT2D eigenvalue weighted by Gasteiger charge is -2.15. The van der Waals surface area contributed by atoms with Crippen molar-refractivity contribution < 1.29 is 28.7 Å². The lowest BCUT2D eigenvalue weighted by Crippen LogP contribution is -2.44. The number of imide groups is 2. The first-order chi connectivity index (χ1) is 14.8. The van der Waals surface area contributed by atoms with Gasteiger partial charge in [-0.3, -0.25) is 24.6 Å². The number of amides is 5. The third-order valence-corrected chi connectivity index (χ3v) is 4.61. The van der Waals surface area contributed by atoms with Crippen LogP contribution in [0.5, 0.6) is 0 Å². The van der Waals surface area contributed by atoms with Gasteiger partial charge in [0.25, 0.3) is 17.7 Å². The van der Waals surface area contributed by atoms with Crippen molar-refractivity contribution in [1.29, 1.82) is 0 Å². The number of hydrogen-bond acceptors (Lipinski definition) is 6. The number of nitrogens with one attached hydrogen (secondary N) is 2. The normalized spacial score (nSPS) is 13.4. The molecular weight excluding hydrogens is 402 g/mol. The fourth-order valence-corrected chi connectivity index (χ4v) is 3.06. The number of esters is 1. The highest BCUT2D eigenvalue weighted by molar-refractivity contribution is 6.21. The summed E-state index contributed by atoms with van der Waals surface area (Å²) in [6.45, 7) is 3.37. The number of hydrogen-bond donors (Lipinski definition) is 2. The van der Waals surface area contributed by atoms with Gasteiger partial charge in [0.2, 0.25) is 0 Å². The molecule has 2 N–H and O–H groups in total. The standard InChI is InChI=1S/C22H21N3O6/c1-3-23-22(30)24-18(26)13(2)31-21(29)15-8-6-7-14(11-15)12-25-19(27)16-9-4-5-10-17(16)20(25)28/h4-11,13H,3,12H2,1-2H3,(H2,23,24,26,30). The van der Waals surface area contributed by atoms with E-state index in [1.807, 2.05) is 0 Å². The summed E-state index contributed by atoms with van der Waals surface area (Å²) in [5.74, 6) is -2.34. The first-order valence-corrected chi connectivity index (χ1v) is 9.65. The predicted molar refractivity (Wildman–Crippen MR) is 109 cm³/mol. The second kappa shape index (κ2) is 9.21. The highest BCUT2D eigenvalue weighted by Gasteiger charge is 2.35. The minimum atomic E-state index is -1.20. The Balaban J connectivity index is 1.66. The SMILES string of the molecule is CCNC(=O)NC(=O)C(C)OC(=O)c1cccc(CN2C(=O)c3ccccc3C2=O)c1. The number of ether oxygens (including phenoxy) is 1. The van der Waals surface area contributed by atoms with Crippen LogP contribution in [-0.2, 0) is 16.1 Å². The van der Waals surface area contributed by atoms with E-state index in [4.69, 9.17) is 4.74 Å². The molecule has 5 amide bonds. The zero-order chi connectivity index (χ0) is 22.5. The Morgan fingerprint density at radius 3 is 2.26 bits per heavy atom. The topological polar surface area (TPSA) is 122 Å². The molecule has 0 saturated heterocycles. The second-order valence-corrected chi connectivity index (χ2v) is 6.84. The van der Waals surface area contributed by atoms with Gasteiger partial charge in [-0.1, -0.05) is 24.3 Å². The summed E-state index contributed by atoms with van der Waals surface area (Å²) >= 11 is 0. The van der Waals surface area contributed by atoms with Crippen molar-refractivity contribution in [2.75, 3.05) is 6.54 Å². The molecule has 160 valence electrons. The van der Waals surface area contributed by atoms with Gasteiger partial charge >= 0.3 is 12.0 Å². The number of carbonyl (C=O) groups is 5. The zero-order valence-electron chi connectivity index (χ0n) is 17.0. The molecule has 0 spiro atoms. The Bertz CT molecular complexity index is 1030. The van der Waals surface area contributed by atoms with Gasteiger partial charge < -0.3 is 10.1 Å². The van der Waals surface area contributed by atoms with Crippen LogP contribution in [0.1, 0.15) is 50.5 Å². The smallest absolute Gasteiger partial charge is 0.338 e. The highest BCUT2D eigenvalue weighted by atomic mass is 16.5. The quantitative estimate of drug-likeness (QED) is 0.540. The molecule has 1 aliphatic rings. The molecule has 9 nitrogen and oxygen atoms in total. The maximum absolute atomic E-state index is 12.5. The zero-order valence-corrected chi connectivity index (χ0v) is 17.0. The molecule has 2 aromatic rings. The molecule has 2 aromatic carbocycles. The van der Waals surface area contributed by atoms with Gasteiger partial charge in [-0.2, -0.15) is 0 Å². The molecule has 0 saturated carbocycles. The summed E-state index contributed by atoms with van der Waals surface area (Å²) in [6, 6.07) is 12.1. The van der Waals surface area contributed by atoms with E-state index in [2.05, 4.69) is 10.6 Å². The third-order valence-electron chi connectivity index (χ3n) is 4.61. The molecule has 1 heterocycles. The van der Waals surface area contributed by atoms with Crippen molar-refractivity contribution in [3.05, 3.63) is 70.8 Å². The van der Waals surface area contributed by atoms with Crippen molar-refractivity contribution in [2.45, 2.75) is 26.5 Å². The van der Waals surface area contributed by atoms with Crippen LogP contribution in [0.3, 0.4) is 0 Å². The second-order valence-electron chi connectivity index (χ2n) is 6.84. The van der Waals surface area contributed by atoms with Gasteiger partial charge in [0.1, 0.15) is 0 Å². The van der Waals surface area contributed by atoms with Crippen LogP contribution >= 0.6 is 0 Å². The van der Waals surface area contributed by atoms with E-state index in [0.29, 0.717) is 23.2 Å². The minimum Gasteiger partial charge on any atom is -0.449 e. The first-order valence-electron chi connectivity index (χ1n) is 9.65. The highest BCUT2D eigenvalue weighted by Crippen LogP contribution is 2.24. The number of benzene rings is 2. The average molecular weight is 423 g/mol. The monoisotopic (exact) mass is 423 g/mol. The molecule has 0 aliphatic carbocycles. The van der Waals surface area contributed by atoms with E-state index in [-0.39, 0.29) is 12.1 Å². The van der Waals surface area contributed by atoms with Crippen molar-refractivity contribution in [1.82, 2.24) is 15.5 Å². The van der Waals surface area contributed by atoms with E-state index < -0.39 is 35.8 Å². The predicted octanol–water partition coefficient (Wildman–Crippen LogP) is 1.87. The summed E-state index contributed by atoms with van der Waals surface area (Å²) in [5, 5.41) is 4.47. The molecule has 0 radical (unpaired) electrons. The van der Waals surface area contributed by atoms with Crippen LogP contribution in [-0.4, -0.2) is 47.3 Å². The summed E-state index contributed by atoms with van der Waals surface area (Å²) in [6.07, 6.45) is -1.20. The maximum Gasteiger partial charge on any atom is 0.338 e. The minimum absolute atomic E-state index is 0.0132. The van der Waals surface area contributed by atoms with Gasteiger partial charge in [0.15, 0.2) is 6.10 Å². The Labute approximate surface area is 178 Å². The van der Waals surface area contributed by atoms with E-state index >= 15 is 0 Å². The largest absolute Gasteiger partial charge is 0.449 e. The fraction of sp³-hybridized carbons (Fsp3) is 0.227. The van der Waals surface area contributed by atoms with Gasteiger partial charge in [-0.15, -0.1) is 0 Å². The van der Waals surface area contributed by atoms with E-state index in [1.54, 1.807) is 43.3 Å². The van der Waals surface area contributed by atoms with Crippen LogP contribution in [0, 0.1) is 0 Å². The lowest BCUT2D eigenvalue weighted by atomic mass is 10.1. The van der Waals surface area contributed by atoms with Gasteiger partial charge in [-0.05, 0) is 43.7 Å². The van der Waals surface area contributed by atoms with Gasteiger partial charge in [-0.25, -0.2) is 9.59 Å². The molecule has 0 bridgehead atoms. The molecular formula is C22H21N3O6. The van der Waals surface area contributed by atoms with Gasteiger partial charge in [0, 0.05) is 6.54 Å². The van der Waals surface area contributed by atoms with E-state index in [0.717, 1.165) is 4.90 Å². The van der Waals surface area contributed by atoms with Crippen LogP contribution < -0.4 is 10.6 Å². The number of urea groups is 1. The Morgan fingerprint density at radius 2 is 1.65 bits per heavy atom. The Hall–Kier alpha value is -4.01. The number of fused-ring (bicyclic) bond motifs is 1. The molecule has 3 rings (SSSR count). The van der Waals surface area contributed by atoms with Crippen LogP contribution in [0.4, 0.5) is 4.79 Å². The van der Waals surface area contributed by atoms with E-state index in [1.165, 1.54) is 19.1 Å². The van der Waals surface area contributed by atoms with Crippen LogP contribution in [0.25, 0.3) is 0 Å². The summed E-state index contributed by atoms with van der Waals surface area (Å²) < 4.78 is 5.12. The van der Waals surface area contributed by atoms with Crippen molar-refractivity contribution >= 4 is 29.7 Å². The summed E-state index contributed by atoms with van der Waals surface area (Å²) in [4.78, 5) is 61.9. The Morgan fingerprint density at radius 1 is 1.00 bits per heavy atom. The average Bonchev–Trinajstić information content (AvgIpc) is 2.99. The third kappa shape index (κ3) is 4.77. The molecule has 31 heavy (non-hydrogen) atoms. The number of carbonyl (C=O) groups excluding carboxylic acids is 5. The van der Waals surface area contributed by atoms with Crippen LogP contribution in [0.2, 0.25) is 0 Å². The summed E-state index contributed by atoms with van der Waals surface area (Å²) in [7, 11) is 0. The lowest BCUT2D eigenvalue weighted by molar-refractivity contribution is -0.127.